The molecule has 0 aliphatic carbocycles. The predicted molar refractivity (Wildman–Crippen MR) is 70.1 cm³/mol. The maximum Gasteiger partial charge on any atom is 0.345 e. The summed E-state index contributed by atoms with van der Waals surface area (Å²) in [5, 5.41) is 12.0. The van der Waals surface area contributed by atoms with Gasteiger partial charge < -0.3 is 4.42 Å². The molecule has 4 aromatic rings. The van der Waals surface area contributed by atoms with Crippen LogP contribution in [0.2, 0.25) is 0 Å². The van der Waals surface area contributed by atoms with Crippen LogP contribution in [0.1, 0.15) is 0 Å². The van der Waals surface area contributed by atoms with Gasteiger partial charge in [-0.2, -0.15) is 4.52 Å². The SMILES string of the molecule is O=c1oc2ccccc2cc1-c1ccnc2nnnn12. The van der Waals surface area contributed by atoms with Crippen molar-refractivity contribution in [3.05, 3.63) is 53.0 Å². The minimum Gasteiger partial charge on any atom is -0.422 e. The molecular formula is C13H7N5O2. The summed E-state index contributed by atoms with van der Waals surface area (Å²) in [6, 6.07) is 10.8. The highest BCUT2D eigenvalue weighted by molar-refractivity contribution is 5.81. The summed E-state index contributed by atoms with van der Waals surface area (Å²) in [6.45, 7) is 0. The summed E-state index contributed by atoms with van der Waals surface area (Å²) in [6.07, 6.45) is 1.55. The van der Waals surface area contributed by atoms with E-state index in [9.17, 15) is 4.79 Å². The predicted octanol–water partition coefficient (Wildman–Crippen LogP) is 1.29. The van der Waals surface area contributed by atoms with E-state index in [1.807, 2.05) is 18.2 Å². The third-order valence-corrected chi connectivity index (χ3v) is 3.02. The Kier molecular flexibility index (Phi) is 2.13. The van der Waals surface area contributed by atoms with Gasteiger partial charge in [0.1, 0.15) is 5.58 Å². The van der Waals surface area contributed by atoms with Gasteiger partial charge in [-0.15, -0.1) is 0 Å². The molecule has 0 atom stereocenters. The van der Waals surface area contributed by atoms with Gasteiger partial charge in [0.05, 0.1) is 11.3 Å². The van der Waals surface area contributed by atoms with Gasteiger partial charge >= 0.3 is 5.63 Å². The Labute approximate surface area is 111 Å². The van der Waals surface area contributed by atoms with Crippen LogP contribution in [-0.2, 0) is 0 Å². The second-order valence-corrected chi connectivity index (χ2v) is 4.21. The molecule has 0 saturated carbocycles. The molecule has 0 radical (unpaired) electrons. The summed E-state index contributed by atoms with van der Waals surface area (Å²) in [4.78, 5) is 16.1. The molecule has 0 N–H and O–H groups in total. The average molecular weight is 265 g/mol. The lowest BCUT2D eigenvalue weighted by atomic mass is 10.1. The van der Waals surface area contributed by atoms with Crippen molar-refractivity contribution in [1.82, 2.24) is 25.0 Å². The number of benzene rings is 1. The van der Waals surface area contributed by atoms with Crippen molar-refractivity contribution in [1.29, 1.82) is 0 Å². The standard InChI is InChI=1S/C13H7N5O2/c19-12-9(7-8-3-1-2-4-11(8)20-12)10-5-6-14-13-15-16-17-18(10)13/h1-7H. The van der Waals surface area contributed by atoms with Crippen LogP contribution in [0.3, 0.4) is 0 Å². The van der Waals surface area contributed by atoms with Gasteiger partial charge in [-0.05, 0) is 28.6 Å². The van der Waals surface area contributed by atoms with Crippen LogP contribution in [0.4, 0.5) is 0 Å². The molecule has 0 bridgehead atoms. The lowest BCUT2D eigenvalue weighted by molar-refractivity contribution is 0.562. The molecule has 4 rings (SSSR count). The zero-order valence-electron chi connectivity index (χ0n) is 10.1. The highest BCUT2D eigenvalue weighted by Gasteiger charge is 2.12. The lowest BCUT2D eigenvalue weighted by Gasteiger charge is -2.03. The van der Waals surface area contributed by atoms with Gasteiger partial charge in [0, 0.05) is 11.6 Å². The number of fused-ring (bicyclic) bond motifs is 2. The van der Waals surface area contributed by atoms with E-state index in [1.54, 1.807) is 24.4 Å². The second-order valence-electron chi connectivity index (χ2n) is 4.21. The van der Waals surface area contributed by atoms with E-state index in [-0.39, 0.29) is 0 Å². The number of nitrogens with zero attached hydrogens (tertiary/aromatic N) is 5. The fourth-order valence-corrected chi connectivity index (χ4v) is 2.11. The maximum absolute atomic E-state index is 12.1. The minimum absolute atomic E-state index is 0.329. The zero-order chi connectivity index (χ0) is 13.5. The molecule has 0 saturated heterocycles. The zero-order valence-corrected chi connectivity index (χ0v) is 10.1. The first-order valence-corrected chi connectivity index (χ1v) is 5.89. The van der Waals surface area contributed by atoms with E-state index in [0.29, 0.717) is 22.6 Å². The molecule has 20 heavy (non-hydrogen) atoms. The Bertz CT molecular complexity index is 989. The van der Waals surface area contributed by atoms with E-state index in [1.165, 1.54) is 4.52 Å². The van der Waals surface area contributed by atoms with E-state index < -0.39 is 5.63 Å². The number of para-hydroxylation sites is 1. The second kappa shape index (κ2) is 3.95. The van der Waals surface area contributed by atoms with Crippen LogP contribution in [0.5, 0.6) is 0 Å². The molecule has 1 aromatic carbocycles. The van der Waals surface area contributed by atoms with Crippen molar-refractivity contribution < 1.29 is 4.42 Å². The number of hydrogen-bond donors (Lipinski definition) is 0. The molecule has 0 aliphatic heterocycles. The van der Waals surface area contributed by atoms with Crippen molar-refractivity contribution in [2.75, 3.05) is 0 Å². The first-order chi connectivity index (χ1) is 9.83. The van der Waals surface area contributed by atoms with Gasteiger partial charge in [0.25, 0.3) is 5.78 Å². The molecule has 0 aliphatic rings. The van der Waals surface area contributed by atoms with Crippen LogP contribution < -0.4 is 5.63 Å². The van der Waals surface area contributed by atoms with Crippen molar-refractivity contribution in [3.8, 4) is 11.3 Å². The number of tetrazole rings is 1. The van der Waals surface area contributed by atoms with E-state index in [0.717, 1.165) is 5.39 Å². The summed E-state index contributed by atoms with van der Waals surface area (Å²) >= 11 is 0. The van der Waals surface area contributed by atoms with Crippen LogP contribution >= 0.6 is 0 Å². The molecule has 3 heterocycles. The normalized spacial score (nSPS) is 11.2. The lowest BCUT2D eigenvalue weighted by Crippen LogP contribution is -2.07. The Morgan fingerprint density at radius 2 is 2.05 bits per heavy atom. The topological polar surface area (TPSA) is 86.2 Å². The highest BCUT2D eigenvalue weighted by atomic mass is 16.4. The van der Waals surface area contributed by atoms with Crippen molar-refractivity contribution in [2.24, 2.45) is 0 Å². The van der Waals surface area contributed by atoms with Crippen LogP contribution in [0.15, 0.2) is 51.8 Å². The number of aromatic nitrogens is 5. The molecule has 0 amide bonds. The molecule has 0 unspecified atom stereocenters. The van der Waals surface area contributed by atoms with Crippen LogP contribution in [-0.4, -0.2) is 25.0 Å². The molecule has 3 aromatic heterocycles. The summed E-state index contributed by atoms with van der Waals surface area (Å²) in [5.74, 6) is 0.329. The quantitative estimate of drug-likeness (QED) is 0.482. The maximum atomic E-state index is 12.1. The first-order valence-electron chi connectivity index (χ1n) is 5.89. The van der Waals surface area contributed by atoms with Crippen molar-refractivity contribution in [3.63, 3.8) is 0 Å². The highest BCUT2D eigenvalue weighted by Crippen LogP contribution is 2.20. The Morgan fingerprint density at radius 3 is 3.00 bits per heavy atom. The molecule has 0 fully saturated rings. The third kappa shape index (κ3) is 1.50. The number of hydrogen-bond acceptors (Lipinski definition) is 6. The smallest absolute Gasteiger partial charge is 0.345 e. The average Bonchev–Trinajstić information content (AvgIpc) is 2.95. The largest absolute Gasteiger partial charge is 0.422 e. The third-order valence-electron chi connectivity index (χ3n) is 3.02. The summed E-state index contributed by atoms with van der Waals surface area (Å²) in [7, 11) is 0. The molecule has 0 spiro atoms. The molecule has 7 heteroatoms. The van der Waals surface area contributed by atoms with Crippen molar-refractivity contribution >= 4 is 16.7 Å². The summed E-state index contributed by atoms with van der Waals surface area (Å²) in [5.41, 5.74) is 1.04. The van der Waals surface area contributed by atoms with Crippen molar-refractivity contribution in [2.45, 2.75) is 0 Å². The van der Waals surface area contributed by atoms with Gasteiger partial charge in [0.2, 0.25) is 0 Å². The fourth-order valence-electron chi connectivity index (χ4n) is 2.11. The Hall–Kier alpha value is -3.09. The fraction of sp³-hybridized carbons (Fsp3) is 0. The molecular weight excluding hydrogens is 258 g/mol. The Morgan fingerprint density at radius 1 is 1.15 bits per heavy atom. The van der Waals surface area contributed by atoms with E-state index >= 15 is 0 Å². The van der Waals surface area contributed by atoms with Crippen LogP contribution in [0, 0.1) is 0 Å². The monoisotopic (exact) mass is 265 g/mol. The van der Waals surface area contributed by atoms with Crippen LogP contribution in [0.25, 0.3) is 28.0 Å². The summed E-state index contributed by atoms with van der Waals surface area (Å²) < 4.78 is 6.72. The number of rotatable bonds is 1. The van der Waals surface area contributed by atoms with Gasteiger partial charge in [0.15, 0.2) is 0 Å². The molecule has 7 nitrogen and oxygen atoms in total. The minimum atomic E-state index is -0.438. The van der Waals surface area contributed by atoms with E-state index in [2.05, 4.69) is 20.5 Å². The molecule has 96 valence electrons. The first kappa shape index (κ1) is 10.8. The van der Waals surface area contributed by atoms with Gasteiger partial charge in [-0.25, -0.2) is 9.78 Å². The van der Waals surface area contributed by atoms with E-state index in [4.69, 9.17) is 4.42 Å². The Balaban J connectivity index is 2.09. The van der Waals surface area contributed by atoms with Gasteiger partial charge in [-0.3, -0.25) is 0 Å². The van der Waals surface area contributed by atoms with Gasteiger partial charge in [-0.1, -0.05) is 23.3 Å².